The first-order chi connectivity index (χ1) is 13.0. The van der Waals surface area contributed by atoms with E-state index in [1.54, 1.807) is 6.08 Å². The molecule has 0 unspecified atom stereocenters. The summed E-state index contributed by atoms with van der Waals surface area (Å²) >= 11 is 13.2. The monoisotopic (exact) mass is 426 g/mol. The number of rotatable bonds is 2. The van der Waals surface area contributed by atoms with Crippen LogP contribution in [0.25, 0.3) is 0 Å². The van der Waals surface area contributed by atoms with E-state index < -0.39 is 27.4 Å². The number of hydrogen-bond acceptors (Lipinski definition) is 4. The number of Topliss-reactive ketones (excluding diaryl/α,β-unsaturated/α-hetero) is 1. The molecule has 4 rings (SSSR count). The van der Waals surface area contributed by atoms with Crippen molar-refractivity contribution in [2.45, 2.75) is 63.0 Å². The van der Waals surface area contributed by atoms with E-state index in [0.29, 0.717) is 19.3 Å². The van der Waals surface area contributed by atoms with Crippen molar-refractivity contribution in [2.75, 3.05) is 5.88 Å². The minimum atomic E-state index is -1.57. The summed E-state index contributed by atoms with van der Waals surface area (Å²) in [6.45, 7) is 5.80. The molecule has 2 fully saturated rings. The summed E-state index contributed by atoms with van der Waals surface area (Å²) < 4.78 is 0. The molecule has 0 aromatic carbocycles. The zero-order chi connectivity index (χ0) is 20.7. The van der Waals surface area contributed by atoms with Crippen molar-refractivity contribution in [1.29, 1.82) is 0 Å². The van der Waals surface area contributed by atoms with E-state index in [0.717, 1.165) is 5.57 Å². The molecule has 2 saturated carbocycles. The van der Waals surface area contributed by atoms with E-state index in [2.05, 4.69) is 6.08 Å². The Bertz CT molecular complexity index is 806. The maximum absolute atomic E-state index is 12.7. The van der Waals surface area contributed by atoms with Gasteiger partial charge in [0.25, 0.3) is 0 Å². The second-order valence-corrected chi connectivity index (χ2v) is 10.6. The molecule has 0 bridgehead atoms. The van der Waals surface area contributed by atoms with Crippen molar-refractivity contribution in [3.8, 4) is 0 Å². The van der Waals surface area contributed by atoms with Gasteiger partial charge in [0, 0.05) is 17.3 Å². The Hall–Kier alpha value is -0.680. The van der Waals surface area contributed by atoms with Crippen molar-refractivity contribution < 1.29 is 19.8 Å². The average molecular weight is 427 g/mol. The number of carbonyl (C=O) groups excluding carboxylic acids is 2. The van der Waals surface area contributed by atoms with Gasteiger partial charge in [0.05, 0.1) is 16.9 Å². The molecule has 0 saturated heterocycles. The fourth-order valence-corrected chi connectivity index (χ4v) is 7.86. The van der Waals surface area contributed by atoms with E-state index in [1.807, 2.05) is 26.8 Å². The minimum absolute atomic E-state index is 0.0266. The molecule has 2 N–H and O–H groups in total. The third-order valence-electron chi connectivity index (χ3n) is 8.73. The Kier molecular flexibility index (Phi) is 4.53. The maximum Gasteiger partial charge on any atom is 0.179 e. The normalized spacial score (nSPS) is 52.5. The van der Waals surface area contributed by atoms with E-state index in [9.17, 15) is 19.8 Å². The summed E-state index contributed by atoms with van der Waals surface area (Å²) in [4.78, 5) is 23.7. The Morgan fingerprint density at radius 1 is 1.32 bits per heavy atom. The quantitative estimate of drug-likeness (QED) is 0.523. The molecule has 0 heterocycles. The maximum atomic E-state index is 12.7. The number of aliphatic hydroxyl groups excluding tert-OH is 1. The van der Waals surface area contributed by atoms with Gasteiger partial charge >= 0.3 is 0 Å². The highest BCUT2D eigenvalue weighted by molar-refractivity contribution is 6.29. The number of allylic oxidation sites excluding steroid dienone is 4. The van der Waals surface area contributed by atoms with E-state index >= 15 is 0 Å². The van der Waals surface area contributed by atoms with Crippen molar-refractivity contribution >= 4 is 34.8 Å². The van der Waals surface area contributed by atoms with Crippen LogP contribution in [-0.2, 0) is 9.59 Å². The fraction of sp³-hybridized carbons (Fsp3) is 0.727. The molecule has 28 heavy (non-hydrogen) atoms. The SMILES string of the molecule is C[C@@H]1C[C@H]2[C@@H]3CC=C4CC(=O)C=C[C@]4(C)[C@@]3(Cl)[C@@H](O)C[C@]2(C)[C@@]1(O)C(=O)CCl. The Labute approximate surface area is 176 Å². The van der Waals surface area contributed by atoms with Gasteiger partial charge in [-0.25, -0.2) is 0 Å². The fourth-order valence-electron chi connectivity index (χ4n) is 7.15. The number of hydrogen-bond donors (Lipinski definition) is 2. The molecule has 4 aliphatic rings. The summed E-state index contributed by atoms with van der Waals surface area (Å²) in [5.41, 5.74) is -2.03. The summed E-state index contributed by atoms with van der Waals surface area (Å²) in [6, 6.07) is 0. The van der Waals surface area contributed by atoms with Crippen molar-refractivity contribution in [1.82, 2.24) is 0 Å². The Morgan fingerprint density at radius 2 is 2.00 bits per heavy atom. The van der Waals surface area contributed by atoms with Crippen LogP contribution in [0.2, 0.25) is 0 Å². The number of aliphatic hydroxyl groups is 2. The number of halogens is 2. The van der Waals surface area contributed by atoms with Crippen LogP contribution in [0.15, 0.2) is 23.8 Å². The van der Waals surface area contributed by atoms with Gasteiger partial charge in [0.2, 0.25) is 0 Å². The van der Waals surface area contributed by atoms with Gasteiger partial charge in [-0.2, -0.15) is 0 Å². The van der Waals surface area contributed by atoms with Crippen LogP contribution in [0.5, 0.6) is 0 Å². The molecule has 0 spiro atoms. The molecule has 4 nitrogen and oxygen atoms in total. The molecular formula is C22H28Cl2O4. The van der Waals surface area contributed by atoms with Crippen molar-refractivity contribution in [3.63, 3.8) is 0 Å². The van der Waals surface area contributed by atoms with Gasteiger partial charge < -0.3 is 10.2 Å². The van der Waals surface area contributed by atoms with E-state index in [4.69, 9.17) is 23.2 Å². The highest BCUT2D eigenvalue weighted by Gasteiger charge is 2.74. The molecule has 154 valence electrons. The smallest absolute Gasteiger partial charge is 0.179 e. The van der Waals surface area contributed by atoms with Gasteiger partial charge in [0.1, 0.15) is 5.60 Å². The number of ketones is 2. The van der Waals surface area contributed by atoms with Crippen LogP contribution < -0.4 is 0 Å². The standard InChI is InChI=1S/C22H28Cl2O4/c1-12-8-16-15-5-4-13-9-14(25)6-7-19(13,2)21(15,24)17(26)10-20(16,3)22(12,28)18(27)11-23/h4,6-7,12,15-17,26,28H,5,8-11H2,1-3H3/t12-,15+,16+,17+,19+,20+,21+,22+/m1/s1. The van der Waals surface area contributed by atoms with Gasteiger partial charge in [-0.05, 0) is 43.1 Å². The summed E-state index contributed by atoms with van der Waals surface area (Å²) in [5, 5.41) is 22.9. The summed E-state index contributed by atoms with van der Waals surface area (Å²) in [5.74, 6) is -0.976. The molecule has 0 amide bonds. The number of alkyl halides is 2. The topological polar surface area (TPSA) is 74.6 Å². The van der Waals surface area contributed by atoms with Gasteiger partial charge in [-0.3, -0.25) is 9.59 Å². The zero-order valence-electron chi connectivity index (χ0n) is 16.5. The molecule has 6 heteroatoms. The molecule has 0 aromatic heterocycles. The van der Waals surface area contributed by atoms with Crippen LogP contribution in [-0.4, -0.2) is 44.2 Å². The van der Waals surface area contributed by atoms with Crippen LogP contribution in [0, 0.1) is 28.6 Å². The number of fused-ring (bicyclic) bond motifs is 5. The number of carbonyl (C=O) groups is 2. The first-order valence-corrected chi connectivity index (χ1v) is 11.0. The summed E-state index contributed by atoms with van der Waals surface area (Å²) in [7, 11) is 0. The Balaban J connectivity index is 1.85. The highest BCUT2D eigenvalue weighted by Crippen LogP contribution is 2.70. The zero-order valence-corrected chi connectivity index (χ0v) is 18.1. The molecule has 0 aromatic rings. The summed E-state index contributed by atoms with van der Waals surface area (Å²) in [6.07, 6.45) is 6.44. The van der Waals surface area contributed by atoms with Crippen LogP contribution in [0.1, 0.15) is 46.5 Å². The second kappa shape index (κ2) is 6.16. The molecule has 0 aliphatic heterocycles. The van der Waals surface area contributed by atoms with Crippen LogP contribution in [0.3, 0.4) is 0 Å². The first kappa shape index (κ1) is 20.6. The molecule has 0 radical (unpaired) electrons. The average Bonchev–Trinajstić information content (AvgIpc) is 2.84. The van der Waals surface area contributed by atoms with Crippen LogP contribution >= 0.6 is 23.2 Å². The van der Waals surface area contributed by atoms with Gasteiger partial charge in [-0.1, -0.05) is 38.5 Å². The minimum Gasteiger partial charge on any atom is -0.391 e. The lowest BCUT2D eigenvalue weighted by Gasteiger charge is -2.63. The predicted molar refractivity (Wildman–Crippen MR) is 108 cm³/mol. The molecule has 4 aliphatic carbocycles. The predicted octanol–water partition coefficient (Wildman–Crippen LogP) is 3.41. The first-order valence-electron chi connectivity index (χ1n) is 10.1. The van der Waals surface area contributed by atoms with Gasteiger partial charge in [0.15, 0.2) is 11.6 Å². The van der Waals surface area contributed by atoms with Crippen molar-refractivity contribution in [3.05, 3.63) is 23.8 Å². The van der Waals surface area contributed by atoms with E-state index in [-0.39, 0.29) is 41.6 Å². The lowest BCUT2D eigenvalue weighted by molar-refractivity contribution is -0.173. The lowest BCUT2D eigenvalue weighted by Crippen LogP contribution is -2.68. The van der Waals surface area contributed by atoms with Crippen LogP contribution in [0.4, 0.5) is 0 Å². The highest BCUT2D eigenvalue weighted by atomic mass is 35.5. The van der Waals surface area contributed by atoms with Gasteiger partial charge in [-0.15, -0.1) is 23.2 Å². The molecule has 8 atom stereocenters. The third kappa shape index (κ3) is 2.16. The largest absolute Gasteiger partial charge is 0.391 e. The lowest BCUT2D eigenvalue weighted by atomic mass is 9.46. The second-order valence-electron chi connectivity index (χ2n) is 9.72. The van der Waals surface area contributed by atoms with E-state index in [1.165, 1.54) is 0 Å². The van der Waals surface area contributed by atoms with Crippen molar-refractivity contribution in [2.24, 2.45) is 28.6 Å². The molecular weight excluding hydrogens is 399 g/mol. The Morgan fingerprint density at radius 3 is 2.64 bits per heavy atom. The third-order valence-corrected chi connectivity index (χ3v) is 9.90.